The first kappa shape index (κ1) is 20.1. The lowest BCUT2D eigenvalue weighted by Crippen LogP contribution is -2.32. The topological polar surface area (TPSA) is 124 Å². The third-order valence-corrected chi connectivity index (χ3v) is 4.62. The van der Waals surface area contributed by atoms with Gasteiger partial charge in [0.1, 0.15) is 12.1 Å². The van der Waals surface area contributed by atoms with Crippen molar-refractivity contribution in [3.63, 3.8) is 0 Å². The van der Waals surface area contributed by atoms with Gasteiger partial charge in [0.05, 0.1) is 11.1 Å². The van der Waals surface area contributed by atoms with Crippen molar-refractivity contribution in [2.45, 2.75) is 40.3 Å². The fourth-order valence-electron chi connectivity index (χ4n) is 3.26. The minimum atomic E-state index is -1.11. The van der Waals surface area contributed by atoms with Crippen molar-refractivity contribution in [1.29, 1.82) is 0 Å². The minimum absolute atomic E-state index is 0.158. The molecule has 1 atom stereocenters. The second-order valence-electron chi connectivity index (χ2n) is 6.75. The van der Waals surface area contributed by atoms with Crippen LogP contribution in [0.3, 0.4) is 0 Å². The van der Waals surface area contributed by atoms with Crippen LogP contribution in [0.4, 0.5) is 0 Å². The van der Waals surface area contributed by atoms with E-state index >= 15 is 0 Å². The Balaban J connectivity index is 1.75. The molecule has 0 aliphatic heterocycles. The van der Waals surface area contributed by atoms with Crippen LogP contribution in [0.5, 0.6) is 0 Å². The Morgan fingerprint density at radius 3 is 2.55 bits per heavy atom. The second-order valence-corrected chi connectivity index (χ2v) is 6.75. The predicted molar refractivity (Wildman–Crippen MR) is 104 cm³/mol. The molecule has 2 heterocycles. The quantitative estimate of drug-likeness (QED) is 0.497. The molecule has 1 unspecified atom stereocenters. The molecule has 3 rings (SSSR count). The predicted octanol–water partition coefficient (Wildman–Crippen LogP) is 1.75. The number of aryl methyl sites for hydroxylation is 1. The molecule has 3 aromatic rings. The van der Waals surface area contributed by atoms with Gasteiger partial charge in [0.15, 0.2) is 11.9 Å². The number of hydrogen-bond acceptors (Lipinski definition) is 7. The average Bonchev–Trinajstić information content (AvgIpc) is 2.97. The number of hydrogen-bond donors (Lipinski definition) is 1. The van der Waals surface area contributed by atoms with E-state index in [4.69, 9.17) is 4.74 Å². The van der Waals surface area contributed by atoms with Crippen LogP contribution in [0.15, 0.2) is 29.1 Å². The molecular weight excluding hydrogens is 376 g/mol. The Hall–Kier alpha value is -3.62. The second kappa shape index (κ2) is 7.78. The van der Waals surface area contributed by atoms with E-state index in [0.717, 1.165) is 4.68 Å². The first-order valence-electron chi connectivity index (χ1n) is 8.97. The molecule has 0 radical (unpaired) electrons. The number of aromatic amines is 1. The molecule has 0 spiro atoms. The maximum Gasteiger partial charge on any atom is 0.328 e. The molecule has 0 saturated carbocycles. The number of carbonyl (C=O) groups is 3. The summed E-state index contributed by atoms with van der Waals surface area (Å²) in [6.45, 7) is 5.73. The van der Waals surface area contributed by atoms with Gasteiger partial charge in [0, 0.05) is 11.3 Å². The third kappa shape index (κ3) is 3.84. The number of ketones is 2. The van der Waals surface area contributed by atoms with E-state index in [1.165, 1.54) is 13.8 Å². The summed E-state index contributed by atoms with van der Waals surface area (Å²) in [5.74, 6) is -1.43. The number of fused-ring (bicyclic) bond motifs is 1. The fourth-order valence-corrected chi connectivity index (χ4v) is 3.26. The van der Waals surface area contributed by atoms with Gasteiger partial charge in [0.25, 0.3) is 5.56 Å². The van der Waals surface area contributed by atoms with Gasteiger partial charge < -0.3 is 9.72 Å². The first-order valence-corrected chi connectivity index (χ1v) is 8.97. The summed E-state index contributed by atoms with van der Waals surface area (Å²) in [4.78, 5) is 51.9. The molecule has 1 N–H and O–H groups in total. The van der Waals surface area contributed by atoms with Crippen LogP contribution >= 0.6 is 0 Å². The van der Waals surface area contributed by atoms with Crippen molar-refractivity contribution >= 4 is 28.4 Å². The van der Waals surface area contributed by atoms with Crippen molar-refractivity contribution in [3.05, 3.63) is 57.1 Å². The van der Waals surface area contributed by atoms with Crippen molar-refractivity contribution in [1.82, 2.24) is 20.0 Å². The number of nitrogens with one attached hydrogen (secondary N) is 1. The maximum atomic E-state index is 12.7. The molecule has 0 bridgehead atoms. The number of esters is 1. The number of aromatic nitrogens is 4. The van der Waals surface area contributed by atoms with Crippen molar-refractivity contribution in [2.24, 2.45) is 0 Å². The molecule has 0 aliphatic rings. The molecule has 9 heteroatoms. The van der Waals surface area contributed by atoms with E-state index in [9.17, 15) is 19.2 Å². The highest BCUT2D eigenvalue weighted by Gasteiger charge is 2.26. The number of ether oxygens (including phenoxy) is 1. The van der Waals surface area contributed by atoms with E-state index in [-0.39, 0.29) is 11.5 Å². The fraction of sp³-hybridized carbons (Fsp3) is 0.300. The highest BCUT2D eigenvalue weighted by molar-refractivity contribution is 6.05. The minimum Gasteiger partial charge on any atom is -0.453 e. The summed E-state index contributed by atoms with van der Waals surface area (Å²) in [6.07, 6.45) is -1.11. The lowest BCUT2D eigenvalue weighted by atomic mass is 10.0. The number of Topliss-reactive ketones (excluding diaryl/α,β-unsaturated/α-hetero) is 2. The Kier molecular flexibility index (Phi) is 5.40. The molecule has 0 fully saturated rings. The molecule has 2 aromatic heterocycles. The molecule has 0 saturated heterocycles. The zero-order chi connectivity index (χ0) is 21.3. The van der Waals surface area contributed by atoms with Crippen LogP contribution in [0.1, 0.15) is 46.0 Å². The molecule has 0 amide bonds. The summed E-state index contributed by atoms with van der Waals surface area (Å²) in [6, 6.07) is 6.64. The highest BCUT2D eigenvalue weighted by atomic mass is 16.5. The first-order chi connectivity index (χ1) is 13.7. The zero-order valence-electron chi connectivity index (χ0n) is 16.5. The number of carbonyl (C=O) groups excluding carboxylic acids is 3. The van der Waals surface area contributed by atoms with Gasteiger partial charge in [-0.2, -0.15) is 4.68 Å². The van der Waals surface area contributed by atoms with Crippen molar-refractivity contribution < 1.29 is 19.1 Å². The van der Waals surface area contributed by atoms with Gasteiger partial charge in [-0.25, -0.2) is 0 Å². The summed E-state index contributed by atoms with van der Waals surface area (Å²) in [5, 5.41) is 7.96. The third-order valence-electron chi connectivity index (χ3n) is 4.62. The maximum absolute atomic E-state index is 12.7. The average molecular weight is 396 g/mol. The number of H-pyrrole nitrogens is 1. The van der Waals surface area contributed by atoms with Gasteiger partial charge in [0.2, 0.25) is 5.78 Å². The van der Waals surface area contributed by atoms with E-state index in [2.05, 4.69) is 15.3 Å². The van der Waals surface area contributed by atoms with Gasteiger partial charge in [-0.15, -0.1) is 5.10 Å². The van der Waals surface area contributed by atoms with Gasteiger partial charge in [-0.1, -0.05) is 17.3 Å². The lowest BCUT2D eigenvalue weighted by molar-refractivity contribution is -0.147. The normalized spacial score (nSPS) is 12.0. The summed E-state index contributed by atoms with van der Waals surface area (Å²) in [7, 11) is 0. The number of nitrogens with zero attached hydrogens (tertiary/aromatic N) is 3. The van der Waals surface area contributed by atoms with E-state index in [1.54, 1.807) is 38.1 Å². The van der Waals surface area contributed by atoms with E-state index in [0.29, 0.717) is 27.7 Å². The summed E-state index contributed by atoms with van der Waals surface area (Å²) in [5.41, 5.74) is 1.70. The monoisotopic (exact) mass is 396 g/mol. The molecule has 1 aromatic carbocycles. The number of rotatable bonds is 6. The van der Waals surface area contributed by atoms with Gasteiger partial charge >= 0.3 is 5.97 Å². The SMILES string of the molecule is CC(=O)c1c(C)[nH]c(C(=O)C(C)OC(=O)Cn2nnc3ccccc3c2=O)c1C. The van der Waals surface area contributed by atoms with Crippen LogP contribution in [0.2, 0.25) is 0 Å². The molecule has 9 nitrogen and oxygen atoms in total. The molecule has 29 heavy (non-hydrogen) atoms. The van der Waals surface area contributed by atoms with E-state index in [1.807, 2.05) is 0 Å². The van der Waals surface area contributed by atoms with Crippen LogP contribution in [-0.4, -0.2) is 43.6 Å². The Bertz CT molecular complexity index is 1190. The Labute approximate surface area is 165 Å². The number of benzene rings is 1. The van der Waals surface area contributed by atoms with Crippen LogP contribution < -0.4 is 5.56 Å². The van der Waals surface area contributed by atoms with Crippen LogP contribution in [-0.2, 0) is 16.1 Å². The van der Waals surface area contributed by atoms with Crippen molar-refractivity contribution in [2.75, 3.05) is 0 Å². The Morgan fingerprint density at radius 2 is 1.90 bits per heavy atom. The highest BCUT2D eigenvalue weighted by Crippen LogP contribution is 2.20. The van der Waals surface area contributed by atoms with Crippen LogP contribution in [0, 0.1) is 13.8 Å². The van der Waals surface area contributed by atoms with Crippen molar-refractivity contribution in [3.8, 4) is 0 Å². The standard InChI is InChI=1S/C20H20N4O5/c1-10-17(12(3)25)11(2)21-18(10)19(27)13(4)29-16(26)9-24-20(28)14-7-5-6-8-15(14)22-23-24/h5-8,13,21H,9H2,1-4H3. The molecular formula is C20H20N4O5. The molecule has 150 valence electrons. The summed E-state index contributed by atoms with van der Waals surface area (Å²) < 4.78 is 6.07. The van der Waals surface area contributed by atoms with Crippen LogP contribution in [0.25, 0.3) is 10.9 Å². The largest absolute Gasteiger partial charge is 0.453 e. The van der Waals surface area contributed by atoms with E-state index < -0.39 is 30.0 Å². The smallest absolute Gasteiger partial charge is 0.328 e. The van der Waals surface area contributed by atoms with Gasteiger partial charge in [-0.3, -0.25) is 19.2 Å². The lowest BCUT2D eigenvalue weighted by Gasteiger charge is -2.12. The van der Waals surface area contributed by atoms with Gasteiger partial charge in [-0.05, 0) is 45.4 Å². The molecule has 0 aliphatic carbocycles. The Morgan fingerprint density at radius 1 is 1.21 bits per heavy atom. The summed E-state index contributed by atoms with van der Waals surface area (Å²) >= 11 is 0. The zero-order valence-corrected chi connectivity index (χ0v) is 16.5.